The molecule has 0 spiro atoms. The Balaban J connectivity index is 1.57. The summed E-state index contributed by atoms with van der Waals surface area (Å²) in [6, 6.07) is 1.08. The molecule has 28 heavy (non-hydrogen) atoms. The molecule has 2 aromatic heterocycles. The van der Waals surface area contributed by atoms with Gasteiger partial charge in [-0.05, 0) is 13.8 Å². The number of thioether (sulfide) groups is 1. The Bertz CT molecular complexity index is 949. The lowest BCUT2D eigenvalue weighted by Gasteiger charge is -2.27. The Morgan fingerprint density at radius 1 is 1.46 bits per heavy atom. The van der Waals surface area contributed by atoms with Crippen LogP contribution in [0.5, 0.6) is 0 Å². The number of urea groups is 1. The monoisotopic (exact) mass is 420 g/mol. The van der Waals surface area contributed by atoms with Gasteiger partial charge in [-0.1, -0.05) is 11.8 Å². The molecule has 3 atom stereocenters. The standard InChI is InChI=1S/C16H16N6O4S2/c1-7-5-27-14(18-7)10(4-17)11(23)6-28-16-22-21-12(26-16)3-9-8(2)19-15(25)20-13(9)24/h5,8-10H,3,6H2,1-2H3,(H2,19,20,24,25). The van der Waals surface area contributed by atoms with Gasteiger partial charge in [-0.15, -0.1) is 21.5 Å². The molecule has 1 aliphatic rings. The fourth-order valence-electron chi connectivity index (χ4n) is 2.60. The molecule has 3 heterocycles. The number of Topliss-reactive ketones (excluding diaryl/α,β-unsaturated/α-hetero) is 1. The highest BCUT2D eigenvalue weighted by Gasteiger charge is 2.34. The quantitative estimate of drug-likeness (QED) is 0.629. The molecule has 3 amide bonds. The second-order valence-electron chi connectivity index (χ2n) is 6.17. The van der Waals surface area contributed by atoms with Crippen LogP contribution in [0.4, 0.5) is 4.79 Å². The lowest BCUT2D eigenvalue weighted by atomic mass is 9.95. The minimum Gasteiger partial charge on any atom is -0.416 e. The molecular formula is C16H16N6O4S2. The minimum absolute atomic E-state index is 0.0190. The molecule has 0 aromatic carbocycles. The van der Waals surface area contributed by atoms with Gasteiger partial charge in [0, 0.05) is 23.5 Å². The number of nitriles is 1. The number of carbonyl (C=O) groups is 3. The summed E-state index contributed by atoms with van der Waals surface area (Å²) in [5.74, 6) is -1.96. The molecule has 0 saturated carbocycles. The van der Waals surface area contributed by atoms with Crippen molar-refractivity contribution in [2.45, 2.75) is 37.5 Å². The van der Waals surface area contributed by atoms with Gasteiger partial charge < -0.3 is 9.73 Å². The number of imide groups is 1. The second kappa shape index (κ2) is 8.49. The van der Waals surface area contributed by atoms with E-state index in [4.69, 9.17) is 4.42 Å². The Kier molecular flexibility index (Phi) is 6.05. The first-order chi connectivity index (χ1) is 13.4. The van der Waals surface area contributed by atoms with E-state index in [9.17, 15) is 19.6 Å². The van der Waals surface area contributed by atoms with Crippen LogP contribution in [0.3, 0.4) is 0 Å². The zero-order valence-corrected chi connectivity index (χ0v) is 16.6. The van der Waals surface area contributed by atoms with Gasteiger partial charge in [-0.3, -0.25) is 14.9 Å². The predicted octanol–water partition coefficient (Wildman–Crippen LogP) is 1.19. The van der Waals surface area contributed by atoms with Crippen molar-refractivity contribution < 1.29 is 18.8 Å². The summed E-state index contributed by atoms with van der Waals surface area (Å²) in [6.45, 7) is 3.51. The number of aryl methyl sites for hydroxylation is 1. The molecule has 1 aliphatic heterocycles. The third-order valence-corrected chi connectivity index (χ3v) is 5.92. The Labute approximate surface area is 168 Å². The van der Waals surface area contributed by atoms with Crippen LogP contribution >= 0.6 is 23.1 Å². The first kappa shape index (κ1) is 20.0. The van der Waals surface area contributed by atoms with E-state index in [1.165, 1.54) is 11.3 Å². The van der Waals surface area contributed by atoms with Crippen molar-refractivity contribution in [3.8, 4) is 6.07 Å². The van der Waals surface area contributed by atoms with Gasteiger partial charge in [0.15, 0.2) is 11.7 Å². The summed E-state index contributed by atoms with van der Waals surface area (Å²) in [5, 5.41) is 24.3. The van der Waals surface area contributed by atoms with Crippen LogP contribution in [0.2, 0.25) is 0 Å². The van der Waals surface area contributed by atoms with Crippen molar-refractivity contribution in [3.63, 3.8) is 0 Å². The summed E-state index contributed by atoms with van der Waals surface area (Å²) in [5.41, 5.74) is 0.763. The largest absolute Gasteiger partial charge is 0.416 e. The van der Waals surface area contributed by atoms with E-state index >= 15 is 0 Å². The zero-order chi connectivity index (χ0) is 20.3. The Morgan fingerprint density at radius 3 is 2.89 bits per heavy atom. The van der Waals surface area contributed by atoms with Gasteiger partial charge in [0.1, 0.15) is 5.01 Å². The smallest absolute Gasteiger partial charge is 0.321 e. The topological polar surface area (TPSA) is 151 Å². The normalized spacial score (nSPS) is 20.2. The molecule has 146 valence electrons. The van der Waals surface area contributed by atoms with Crippen LogP contribution in [-0.2, 0) is 16.0 Å². The molecule has 0 bridgehead atoms. The van der Waals surface area contributed by atoms with Gasteiger partial charge >= 0.3 is 6.03 Å². The van der Waals surface area contributed by atoms with Gasteiger partial charge in [0.2, 0.25) is 11.8 Å². The highest BCUT2D eigenvalue weighted by Crippen LogP contribution is 2.25. The molecule has 10 nitrogen and oxygen atoms in total. The number of nitrogens with zero attached hydrogens (tertiary/aromatic N) is 4. The molecule has 3 unspecified atom stereocenters. The molecular weight excluding hydrogens is 404 g/mol. The molecule has 1 saturated heterocycles. The van der Waals surface area contributed by atoms with Crippen LogP contribution in [-0.4, -0.2) is 44.7 Å². The highest BCUT2D eigenvalue weighted by molar-refractivity contribution is 7.99. The number of nitrogens with one attached hydrogen (secondary N) is 2. The molecule has 3 rings (SSSR count). The third kappa shape index (κ3) is 4.55. The zero-order valence-electron chi connectivity index (χ0n) is 15.0. The van der Waals surface area contributed by atoms with E-state index in [1.54, 1.807) is 19.2 Å². The first-order valence-electron chi connectivity index (χ1n) is 8.28. The average Bonchev–Trinajstić information content (AvgIpc) is 3.26. The third-order valence-electron chi connectivity index (χ3n) is 4.05. The molecule has 0 radical (unpaired) electrons. The van der Waals surface area contributed by atoms with E-state index in [-0.39, 0.29) is 35.1 Å². The van der Waals surface area contributed by atoms with Crippen LogP contribution in [0.25, 0.3) is 0 Å². The van der Waals surface area contributed by atoms with Gasteiger partial charge in [-0.2, -0.15) is 5.26 Å². The first-order valence-corrected chi connectivity index (χ1v) is 10.1. The van der Waals surface area contributed by atoms with Crippen molar-refractivity contribution in [1.29, 1.82) is 5.26 Å². The van der Waals surface area contributed by atoms with Crippen molar-refractivity contribution in [1.82, 2.24) is 25.8 Å². The number of aromatic nitrogens is 3. The summed E-state index contributed by atoms with van der Waals surface area (Å²) >= 11 is 2.30. The van der Waals surface area contributed by atoms with E-state index < -0.39 is 23.8 Å². The van der Waals surface area contributed by atoms with Crippen LogP contribution in [0.15, 0.2) is 15.0 Å². The van der Waals surface area contributed by atoms with E-state index in [0.29, 0.717) is 5.01 Å². The summed E-state index contributed by atoms with van der Waals surface area (Å²) in [4.78, 5) is 39.7. The maximum absolute atomic E-state index is 12.3. The predicted molar refractivity (Wildman–Crippen MR) is 98.6 cm³/mol. The maximum atomic E-state index is 12.3. The summed E-state index contributed by atoms with van der Waals surface area (Å²) < 4.78 is 5.48. The Hall–Kier alpha value is -2.78. The fourth-order valence-corrected chi connectivity index (χ4v) is 4.14. The maximum Gasteiger partial charge on any atom is 0.321 e. The highest BCUT2D eigenvalue weighted by atomic mass is 32.2. The number of amides is 3. The summed E-state index contributed by atoms with van der Waals surface area (Å²) in [7, 11) is 0. The number of hydrogen-bond acceptors (Lipinski definition) is 10. The lowest BCUT2D eigenvalue weighted by molar-refractivity contribution is -0.125. The molecule has 2 N–H and O–H groups in total. The molecule has 1 fully saturated rings. The van der Waals surface area contributed by atoms with E-state index in [1.807, 2.05) is 6.07 Å². The van der Waals surface area contributed by atoms with Gasteiger partial charge in [0.05, 0.1) is 17.7 Å². The van der Waals surface area contributed by atoms with Crippen LogP contribution < -0.4 is 10.6 Å². The second-order valence-corrected chi connectivity index (χ2v) is 7.98. The number of thiazole rings is 1. The number of ketones is 1. The minimum atomic E-state index is -0.927. The van der Waals surface area contributed by atoms with Crippen molar-refractivity contribution in [2.24, 2.45) is 5.92 Å². The SMILES string of the molecule is Cc1csc(C(C#N)C(=O)CSc2nnc(CC3C(=O)NC(=O)NC3C)o2)n1. The number of hydrogen-bond donors (Lipinski definition) is 2. The van der Waals surface area contributed by atoms with E-state index in [0.717, 1.165) is 17.5 Å². The summed E-state index contributed by atoms with van der Waals surface area (Å²) in [6.07, 6.45) is 0.161. The van der Waals surface area contributed by atoms with Crippen molar-refractivity contribution in [2.75, 3.05) is 5.75 Å². The van der Waals surface area contributed by atoms with E-state index in [2.05, 4.69) is 25.8 Å². The fraction of sp³-hybridized carbons (Fsp3) is 0.438. The number of carbonyl (C=O) groups excluding carboxylic acids is 3. The van der Waals surface area contributed by atoms with Gasteiger partial charge in [-0.25, -0.2) is 9.78 Å². The lowest BCUT2D eigenvalue weighted by Crippen LogP contribution is -2.57. The molecule has 0 aliphatic carbocycles. The Morgan fingerprint density at radius 2 is 2.25 bits per heavy atom. The van der Waals surface area contributed by atoms with Crippen LogP contribution in [0.1, 0.15) is 29.4 Å². The van der Waals surface area contributed by atoms with Crippen LogP contribution in [0, 0.1) is 24.2 Å². The van der Waals surface area contributed by atoms with Gasteiger partial charge in [0.25, 0.3) is 5.22 Å². The van der Waals surface area contributed by atoms with Crippen molar-refractivity contribution in [3.05, 3.63) is 22.0 Å². The number of rotatable bonds is 7. The van der Waals surface area contributed by atoms with Crippen molar-refractivity contribution >= 4 is 40.8 Å². The average molecular weight is 420 g/mol. The molecule has 2 aromatic rings. The molecule has 12 heteroatoms.